The third-order valence-electron chi connectivity index (χ3n) is 8.81. The molecule has 4 N–H and O–H groups in total. The van der Waals surface area contributed by atoms with Crippen molar-refractivity contribution < 1.29 is 20.1 Å². The summed E-state index contributed by atoms with van der Waals surface area (Å²) in [7, 11) is 0. The molecule has 2 saturated carbocycles. The number of aliphatic hydroxyl groups excluding tert-OH is 1. The molecule has 2 fully saturated rings. The molecular weight excluding hydrogens is 366 g/mol. The first-order valence-corrected chi connectivity index (χ1v) is 11.0. The SMILES string of the molecule is CCC1(C)C(C)CCC2C(C)(C)C(O)CCC21Oc1cc(O)cc2c(O)[nH]cc12. The van der Waals surface area contributed by atoms with Gasteiger partial charge in [-0.2, -0.15) is 0 Å². The van der Waals surface area contributed by atoms with Crippen molar-refractivity contribution in [3.8, 4) is 17.4 Å². The fraction of sp³-hybridized carbons (Fsp3) is 0.667. The Morgan fingerprint density at radius 3 is 2.52 bits per heavy atom. The van der Waals surface area contributed by atoms with Crippen molar-refractivity contribution in [3.63, 3.8) is 0 Å². The van der Waals surface area contributed by atoms with E-state index in [1.807, 2.05) is 0 Å². The Morgan fingerprint density at radius 1 is 1.10 bits per heavy atom. The number of fused-ring (bicyclic) bond motifs is 2. The second-order valence-electron chi connectivity index (χ2n) is 10.2. The number of aliphatic hydroxyl groups is 1. The zero-order chi connectivity index (χ0) is 21.2. The van der Waals surface area contributed by atoms with E-state index in [2.05, 4.69) is 39.6 Å². The first-order chi connectivity index (χ1) is 13.6. The summed E-state index contributed by atoms with van der Waals surface area (Å²) in [5, 5.41) is 32.6. The van der Waals surface area contributed by atoms with Gasteiger partial charge in [-0.15, -0.1) is 0 Å². The van der Waals surface area contributed by atoms with Crippen LogP contribution in [0, 0.1) is 22.7 Å². The van der Waals surface area contributed by atoms with Crippen LogP contribution in [0.15, 0.2) is 18.3 Å². The van der Waals surface area contributed by atoms with E-state index in [9.17, 15) is 15.3 Å². The molecule has 160 valence electrons. The zero-order valence-electron chi connectivity index (χ0n) is 18.2. The molecule has 5 atom stereocenters. The summed E-state index contributed by atoms with van der Waals surface area (Å²) in [5.41, 5.74) is -0.774. The van der Waals surface area contributed by atoms with Gasteiger partial charge in [0, 0.05) is 29.0 Å². The molecule has 1 aromatic carbocycles. The first kappa shape index (κ1) is 20.4. The normalized spacial score (nSPS) is 36.7. The van der Waals surface area contributed by atoms with Crippen molar-refractivity contribution in [2.24, 2.45) is 22.7 Å². The minimum atomic E-state index is -0.449. The topological polar surface area (TPSA) is 85.7 Å². The Kier molecular flexibility index (Phi) is 4.61. The average molecular weight is 402 g/mol. The molecule has 0 bridgehead atoms. The van der Waals surface area contributed by atoms with Gasteiger partial charge in [-0.1, -0.05) is 34.6 Å². The molecule has 0 saturated heterocycles. The van der Waals surface area contributed by atoms with Crippen LogP contribution in [0.3, 0.4) is 0 Å². The Balaban J connectivity index is 1.91. The third-order valence-corrected chi connectivity index (χ3v) is 8.81. The highest BCUT2D eigenvalue weighted by Crippen LogP contribution is 2.64. The van der Waals surface area contributed by atoms with Crippen molar-refractivity contribution in [2.75, 3.05) is 0 Å². The molecule has 29 heavy (non-hydrogen) atoms. The van der Waals surface area contributed by atoms with Crippen LogP contribution in [-0.2, 0) is 0 Å². The number of phenolic OH excluding ortho intramolecular Hbond substituents is 1. The quantitative estimate of drug-likeness (QED) is 0.559. The second kappa shape index (κ2) is 6.56. The number of hydrogen-bond donors (Lipinski definition) is 4. The molecule has 2 aliphatic rings. The van der Waals surface area contributed by atoms with Crippen LogP contribution >= 0.6 is 0 Å². The van der Waals surface area contributed by atoms with Crippen LogP contribution in [0.4, 0.5) is 0 Å². The number of hydrogen-bond acceptors (Lipinski definition) is 4. The van der Waals surface area contributed by atoms with Crippen molar-refractivity contribution >= 4 is 10.8 Å². The molecule has 5 heteroatoms. The highest BCUT2D eigenvalue weighted by molar-refractivity contribution is 5.93. The van der Waals surface area contributed by atoms with Crippen molar-refractivity contribution in [3.05, 3.63) is 18.3 Å². The summed E-state index contributed by atoms with van der Waals surface area (Å²) in [6, 6.07) is 3.22. The molecule has 2 aromatic rings. The summed E-state index contributed by atoms with van der Waals surface area (Å²) < 4.78 is 7.01. The van der Waals surface area contributed by atoms with Gasteiger partial charge in [0.25, 0.3) is 0 Å². The van der Waals surface area contributed by atoms with Crippen LogP contribution in [-0.4, -0.2) is 32.0 Å². The van der Waals surface area contributed by atoms with E-state index < -0.39 is 5.60 Å². The Labute approximate surface area is 173 Å². The van der Waals surface area contributed by atoms with Gasteiger partial charge in [0.2, 0.25) is 0 Å². The van der Waals surface area contributed by atoms with Crippen LogP contribution in [0.1, 0.15) is 66.7 Å². The summed E-state index contributed by atoms with van der Waals surface area (Å²) in [6.07, 6.45) is 5.99. The first-order valence-electron chi connectivity index (χ1n) is 11.0. The van der Waals surface area contributed by atoms with Gasteiger partial charge in [-0.05, 0) is 49.5 Å². The zero-order valence-corrected chi connectivity index (χ0v) is 18.2. The molecule has 0 radical (unpaired) electrons. The van der Waals surface area contributed by atoms with E-state index in [0.717, 1.165) is 31.1 Å². The third kappa shape index (κ3) is 2.69. The molecule has 1 aromatic heterocycles. The van der Waals surface area contributed by atoms with Crippen molar-refractivity contribution in [1.82, 2.24) is 4.98 Å². The lowest BCUT2D eigenvalue weighted by Gasteiger charge is -2.65. The molecule has 1 heterocycles. The maximum Gasteiger partial charge on any atom is 0.196 e. The number of H-pyrrole nitrogens is 1. The molecule has 2 aliphatic carbocycles. The monoisotopic (exact) mass is 401 g/mol. The minimum absolute atomic E-state index is 0.0319. The minimum Gasteiger partial charge on any atom is -0.508 e. The number of nitrogens with one attached hydrogen (secondary N) is 1. The van der Waals surface area contributed by atoms with Crippen LogP contribution in [0.2, 0.25) is 0 Å². The highest BCUT2D eigenvalue weighted by atomic mass is 16.5. The van der Waals surface area contributed by atoms with E-state index >= 15 is 0 Å². The van der Waals surface area contributed by atoms with Gasteiger partial charge in [-0.25, -0.2) is 0 Å². The van der Waals surface area contributed by atoms with Gasteiger partial charge in [0.05, 0.1) is 11.5 Å². The van der Waals surface area contributed by atoms with Crippen molar-refractivity contribution in [2.45, 2.75) is 78.4 Å². The smallest absolute Gasteiger partial charge is 0.196 e. The fourth-order valence-electron chi connectivity index (χ4n) is 6.51. The molecular formula is C24H35NO4. The van der Waals surface area contributed by atoms with Gasteiger partial charge in [0.1, 0.15) is 17.1 Å². The van der Waals surface area contributed by atoms with Crippen LogP contribution in [0.5, 0.6) is 17.4 Å². The molecule has 0 spiro atoms. The predicted octanol–water partition coefficient (Wildman–Crippen LogP) is 5.34. The number of benzene rings is 1. The maximum absolute atomic E-state index is 10.9. The fourth-order valence-corrected chi connectivity index (χ4v) is 6.51. The van der Waals surface area contributed by atoms with Gasteiger partial charge in [0.15, 0.2) is 5.88 Å². The Bertz CT molecular complexity index is 919. The van der Waals surface area contributed by atoms with E-state index in [1.165, 1.54) is 0 Å². The molecule has 4 rings (SSSR count). The molecule has 5 unspecified atom stereocenters. The maximum atomic E-state index is 10.9. The predicted molar refractivity (Wildman–Crippen MR) is 114 cm³/mol. The Hall–Kier alpha value is -1.88. The number of aromatic nitrogens is 1. The lowest BCUT2D eigenvalue weighted by molar-refractivity contribution is -0.227. The van der Waals surface area contributed by atoms with E-state index in [4.69, 9.17) is 4.74 Å². The van der Waals surface area contributed by atoms with Gasteiger partial charge >= 0.3 is 0 Å². The van der Waals surface area contributed by atoms with Gasteiger partial charge in [-0.3, -0.25) is 0 Å². The van der Waals surface area contributed by atoms with Gasteiger partial charge < -0.3 is 25.0 Å². The standard InChI is InChI=1S/C24H35NO4/c1-6-23(5)14(2)7-8-19-22(3,4)20(27)9-10-24(19,23)29-18-12-15(26)11-16-17(18)13-25-21(16)28/h11-14,19-20,25-28H,6-10H2,1-5H3. The second-order valence-corrected chi connectivity index (χ2v) is 10.2. The number of ether oxygens (including phenoxy) is 1. The summed E-state index contributed by atoms with van der Waals surface area (Å²) in [5.74, 6) is 1.39. The summed E-state index contributed by atoms with van der Waals surface area (Å²) >= 11 is 0. The summed E-state index contributed by atoms with van der Waals surface area (Å²) in [6.45, 7) is 11.2. The molecule has 5 nitrogen and oxygen atoms in total. The number of aromatic hydroxyl groups is 2. The number of aromatic amines is 1. The van der Waals surface area contributed by atoms with Crippen molar-refractivity contribution in [1.29, 1.82) is 0 Å². The molecule has 0 aliphatic heterocycles. The summed E-state index contributed by atoms with van der Waals surface area (Å²) in [4.78, 5) is 2.84. The lowest BCUT2D eigenvalue weighted by Crippen LogP contribution is -2.68. The van der Waals surface area contributed by atoms with Crippen LogP contribution < -0.4 is 4.74 Å². The largest absolute Gasteiger partial charge is 0.508 e. The Morgan fingerprint density at radius 2 is 1.83 bits per heavy atom. The van der Waals surface area contributed by atoms with E-state index in [-0.39, 0.29) is 34.5 Å². The van der Waals surface area contributed by atoms with Crippen LogP contribution in [0.25, 0.3) is 10.8 Å². The van der Waals surface area contributed by atoms with E-state index in [1.54, 1.807) is 18.3 Å². The highest BCUT2D eigenvalue weighted by Gasteiger charge is 2.65. The van der Waals surface area contributed by atoms with E-state index in [0.29, 0.717) is 23.5 Å². The number of rotatable bonds is 3. The lowest BCUT2D eigenvalue weighted by atomic mass is 9.44. The molecule has 0 amide bonds. The number of phenols is 1. The average Bonchev–Trinajstić information content (AvgIpc) is 3.03.